The third-order valence-corrected chi connectivity index (χ3v) is 5.07. The number of amides is 1. The van der Waals surface area contributed by atoms with Gasteiger partial charge in [-0.25, -0.2) is 0 Å². The van der Waals surface area contributed by atoms with E-state index in [1.807, 2.05) is 56.3 Å². The number of para-hydroxylation sites is 2. The van der Waals surface area contributed by atoms with E-state index in [0.717, 1.165) is 16.9 Å². The van der Waals surface area contributed by atoms with Gasteiger partial charge in [-0.3, -0.25) is 9.59 Å². The Hall–Kier alpha value is -3.22. The Morgan fingerprint density at radius 2 is 1.80 bits per heavy atom. The first-order valence-electron chi connectivity index (χ1n) is 9.91. The maximum Gasteiger partial charge on any atom is 0.306 e. The van der Waals surface area contributed by atoms with Crippen molar-refractivity contribution in [3.8, 4) is 11.5 Å². The average molecular weight is 412 g/mol. The Labute approximate surface area is 176 Å². The van der Waals surface area contributed by atoms with Gasteiger partial charge in [0.15, 0.2) is 11.5 Å². The highest BCUT2D eigenvalue weighted by molar-refractivity contribution is 6.07. The molecule has 160 valence electrons. The molecule has 2 aromatic rings. The van der Waals surface area contributed by atoms with E-state index >= 15 is 0 Å². The molecule has 7 nitrogen and oxygen atoms in total. The molecule has 0 fully saturated rings. The van der Waals surface area contributed by atoms with Crippen LogP contribution in [0, 0.1) is 0 Å². The molecule has 0 spiro atoms. The van der Waals surface area contributed by atoms with Gasteiger partial charge in [-0.15, -0.1) is 0 Å². The summed E-state index contributed by atoms with van der Waals surface area (Å²) in [7, 11) is 3.16. The molecule has 0 aromatic heterocycles. The Morgan fingerprint density at radius 3 is 2.53 bits per heavy atom. The van der Waals surface area contributed by atoms with Crippen molar-refractivity contribution in [1.29, 1.82) is 0 Å². The van der Waals surface area contributed by atoms with Gasteiger partial charge < -0.3 is 24.4 Å². The van der Waals surface area contributed by atoms with Gasteiger partial charge in [0.2, 0.25) is 0 Å². The number of nitrogens with zero attached hydrogens (tertiary/aromatic N) is 1. The number of hydrogen-bond donors (Lipinski definition) is 1. The van der Waals surface area contributed by atoms with Crippen molar-refractivity contribution >= 4 is 23.3 Å². The summed E-state index contributed by atoms with van der Waals surface area (Å²) in [5.41, 5.74) is 1.92. The molecular weight excluding hydrogens is 384 g/mol. The summed E-state index contributed by atoms with van der Waals surface area (Å²) in [5.74, 6) is 0.914. The smallest absolute Gasteiger partial charge is 0.306 e. The standard InChI is InChI=1S/C23H28N2O5/c1-23(2)22(27)25(18-8-6-5-7-17(18)24-23)13-14-30-21(26)12-10-16-9-11-19(28-3)20(15-16)29-4/h5-9,11,15,24H,10,12-14H2,1-4H3. The van der Waals surface area contributed by atoms with Crippen molar-refractivity contribution in [2.75, 3.05) is 37.6 Å². The lowest BCUT2D eigenvalue weighted by Gasteiger charge is -2.39. The first-order valence-corrected chi connectivity index (χ1v) is 9.91. The fraction of sp³-hybridized carbons (Fsp3) is 0.391. The molecule has 0 atom stereocenters. The number of ether oxygens (including phenoxy) is 3. The van der Waals surface area contributed by atoms with Gasteiger partial charge in [0.05, 0.1) is 32.1 Å². The first kappa shape index (κ1) is 21.5. The molecule has 1 N–H and O–H groups in total. The van der Waals surface area contributed by atoms with E-state index in [2.05, 4.69) is 5.32 Å². The molecule has 3 rings (SSSR count). The summed E-state index contributed by atoms with van der Waals surface area (Å²) < 4.78 is 15.9. The third-order valence-electron chi connectivity index (χ3n) is 5.07. The molecule has 0 saturated carbocycles. The topological polar surface area (TPSA) is 77.1 Å². The van der Waals surface area contributed by atoms with Crippen molar-refractivity contribution in [3.63, 3.8) is 0 Å². The van der Waals surface area contributed by atoms with Gasteiger partial charge in [-0.05, 0) is 50.1 Å². The van der Waals surface area contributed by atoms with Crippen LogP contribution in [0.25, 0.3) is 0 Å². The van der Waals surface area contributed by atoms with E-state index in [9.17, 15) is 9.59 Å². The molecule has 1 aliphatic heterocycles. The molecule has 0 saturated heterocycles. The normalized spacial score (nSPS) is 14.5. The van der Waals surface area contributed by atoms with Crippen LogP contribution in [0.2, 0.25) is 0 Å². The van der Waals surface area contributed by atoms with Gasteiger partial charge >= 0.3 is 5.97 Å². The number of anilines is 2. The van der Waals surface area contributed by atoms with Crippen LogP contribution in [0.1, 0.15) is 25.8 Å². The molecule has 1 heterocycles. The van der Waals surface area contributed by atoms with Gasteiger partial charge in [-0.1, -0.05) is 18.2 Å². The van der Waals surface area contributed by atoms with Crippen molar-refractivity contribution < 1.29 is 23.8 Å². The van der Waals surface area contributed by atoms with E-state index in [0.29, 0.717) is 24.5 Å². The zero-order valence-electron chi connectivity index (χ0n) is 17.9. The van der Waals surface area contributed by atoms with Gasteiger partial charge in [0.1, 0.15) is 12.1 Å². The van der Waals surface area contributed by atoms with Crippen molar-refractivity contribution in [1.82, 2.24) is 0 Å². The van der Waals surface area contributed by atoms with Crippen LogP contribution < -0.4 is 19.7 Å². The highest BCUT2D eigenvalue weighted by Gasteiger charge is 2.38. The van der Waals surface area contributed by atoms with Crippen molar-refractivity contribution in [3.05, 3.63) is 48.0 Å². The lowest BCUT2D eigenvalue weighted by atomic mass is 9.98. The number of carbonyl (C=O) groups excluding carboxylic acids is 2. The fourth-order valence-electron chi connectivity index (χ4n) is 3.48. The number of fused-ring (bicyclic) bond motifs is 1. The number of hydrogen-bond acceptors (Lipinski definition) is 6. The highest BCUT2D eigenvalue weighted by atomic mass is 16.5. The lowest BCUT2D eigenvalue weighted by molar-refractivity contribution is -0.143. The summed E-state index contributed by atoms with van der Waals surface area (Å²) in [6.07, 6.45) is 0.773. The number of nitrogens with one attached hydrogen (secondary N) is 1. The van der Waals surface area contributed by atoms with Crippen LogP contribution in [-0.2, 0) is 20.7 Å². The molecule has 2 aromatic carbocycles. The van der Waals surface area contributed by atoms with Crippen LogP contribution >= 0.6 is 0 Å². The van der Waals surface area contributed by atoms with Crippen LogP contribution in [0.3, 0.4) is 0 Å². The van der Waals surface area contributed by atoms with E-state index in [1.165, 1.54) is 0 Å². The zero-order chi connectivity index (χ0) is 21.7. The largest absolute Gasteiger partial charge is 0.493 e. The third kappa shape index (κ3) is 4.67. The predicted molar refractivity (Wildman–Crippen MR) is 115 cm³/mol. The Morgan fingerprint density at radius 1 is 1.07 bits per heavy atom. The molecule has 0 aliphatic carbocycles. The van der Waals surface area contributed by atoms with Crippen LogP contribution in [0.4, 0.5) is 11.4 Å². The zero-order valence-corrected chi connectivity index (χ0v) is 17.9. The summed E-state index contributed by atoms with van der Waals surface area (Å²) >= 11 is 0. The molecule has 1 amide bonds. The monoisotopic (exact) mass is 412 g/mol. The minimum atomic E-state index is -0.716. The molecular formula is C23H28N2O5. The summed E-state index contributed by atoms with van der Waals surface area (Å²) in [6.45, 7) is 4.13. The second kappa shape index (κ2) is 9.07. The number of esters is 1. The van der Waals surface area contributed by atoms with Crippen molar-refractivity contribution in [2.24, 2.45) is 0 Å². The molecule has 1 aliphatic rings. The number of methoxy groups -OCH3 is 2. The summed E-state index contributed by atoms with van der Waals surface area (Å²) in [5, 5.41) is 3.25. The van der Waals surface area contributed by atoms with E-state index < -0.39 is 5.54 Å². The number of carbonyl (C=O) groups is 2. The maximum absolute atomic E-state index is 12.8. The molecule has 7 heteroatoms. The van der Waals surface area contributed by atoms with Crippen LogP contribution in [0.5, 0.6) is 11.5 Å². The number of aryl methyl sites for hydroxylation is 1. The Balaban J connectivity index is 1.54. The second-order valence-electron chi connectivity index (χ2n) is 7.63. The van der Waals surface area contributed by atoms with E-state index in [1.54, 1.807) is 19.1 Å². The van der Waals surface area contributed by atoms with E-state index in [4.69, 9.17) is 14.2 Å². The predicted octanol–water partition coefficient (Wildman–Crippen LogP) is 3.42. The quantitative estimate of drug-likeness (QED) is 0.670. The average Bonchev–Trinajstić information content (AvgIpc) is 2.74. The summed E-state index contributed by atoms with van der Waals surface area (Å²) in [4.78, 5) is 26.7. The molecule has 0 unspecified atom stereocenters. The van der Waals surface area contributed by atoms with Gasteiger partial charge in [0.25, 0.3) is 5.91 Å². The highest BCUT2D eigenvalue weighted by Crippen LogP contribution is 2.34. The lowest BCUT2D eigenvalue weighted by Crippen LogP contribution is -2.54. The second-order valence-corrected chi connectivity index (χ2v) is 7.63. The number of rotatable bonds is 8. The summed E-state index contributed by atoms with van der Waals surface area (Å²) in [6, 6.07) is 13.2. The Bertz CT molecular complexity index is 926. The molecule has 30 heavy (non-hydrogen) atoms. The van der Waals surface area contributed by atoms with Crippen LogP contribution in [-0.4, -0.2) is 44.8 Å². The van der Waals surface area contributed by atoms with Crippen molar-refractivity contribution in [2.45, 2.75) is 32.2 Å². The SMILES string of the molecule is COc1ccc(CCC(=O)OCCN2C(=O)C(C)(C)Nc3ccccc32)cc1OC. The van der Waals surface area contributed by atoms with Crippen LogP contribution in [0.15, 0.2) is 42.5 Å². The fourth-order valence-corrected chi connectivity index (χ4v) is 3.48. The minimum absolute atomic E-state index is 0.0532. The molecule has 0 radical (unpaired) electrons. The van der Waals surface area contributed by atoms with Gasteiger partial charge in [-0.2, -0.15) is 0 Å². The Kier molecular flexibility index (Phi) is 6.50. The molecule has 0 bridgehead atoms. The maximum atomic E-state index is 12.8. The number of benzene rings is 2. The minimum Gasteiger partial charge on any atom is -0.493 e. The van der Waals surface area contributed by atoms with Gasteiger partial charge in [0, 0.05) is 6.42 Å². The van der Waals surface area contributed by atoms with E-state index in [-0.39, 0.29) is 24.9 Å². The first-order chi connectivity index (χ1) is 14.4.